The first-order chi connectivity index (χ1) is 8.46. The number of hydrogen-bond acceptors (Lipinski definition) is 4. The van der Waals surface area contributed by atoms with Crippen LogP contribution in [-0.4, -0.2) is 25.2 Å². The monoisotopic (exact) mass is 264 g/mol. The Kier molecular flexibility index (Phi) is 3.63. The molecule has 0 saturated carbocycles. The van der Waals surface area contributed by atoms with Gasteiger partial charge >= 0.3 is 0 Å². The zero-order valence-corrected chi connectivity index (χ0v) is 11.0. The summed E-state index contributed by atoms with van der Waals surface area (Å²) >= 11 is 0. The number of benzene rings is 1. The zero-order valence-electron chi connectivity index (χ0n) is 10.2. The fourth-order valence-electron chi connectivity index (χ4n) is 1.93. The topological polar surface area (TPSA) is 73.1 Å². The lowest BCUT2D eigenvalue weighted by molar-refractivity contribution is 0.589. The Morgan fingerprint density at radius 1 is 1.33 bits per heavy atom. The first-order valence-corrected chi connectivity index (χ1v) is 7.58. The van der Waals surface area contributed by atoms with Crippen LogP contribution in [-0.2, 0) is 15.6 Å². The molecule has 0 aliphatic rings. The van der Waals surface area contributed by atoms with E-state index in [2.05, 4.69) is 4.98 Å². The molecule has 4 nitrogen and oxygen atoms in total. The van der Waals surface area contributed by atoms with Crippen LogP contribution in [0.2, 0.25) is 0 Å². The molecule has 1 unspecified atom stereocenters. The average molecular weight is 264 g/mol. The van der Waals surface area contributed by atoms with E-state index < -0.39 is 9.84 Å². The van der Waals surface area contributed by atoms with Crippen LogP contribution in [0.4, 0.5) is 0 Å². The van der Waals surface area contributed by atoms with E-state index in [4.69, 9.17) is 5.73 Å². The summed E-state index contributed by atoms with van der Waals surface area (Å²) in [7, 11) is -3.15. The Morgan fingerprint density at radius 3 is 2.83 bits per heavy atom. The predicted octanol–water partition coefficient (Wildman–Crippen LogP) is 1.50. The summed E-state index contributed by atoms with van der Waals surface area (Å²) in [5, 5.41) is 0.950. The Bertz CT molecular complexity index is 651. The van der Waals surface area contributed by atoms with Gasteiger partial charge in [-0.15, -0.1) is 0 Å². The summed E-state index contributed by atoms with van der Waals surface area (Å²) in [5.74, 6) is 0.0391. The van der Waals surface area contributed by atoms with E-state index in [-0.39, 0.29) is 17.5 Å². The molecule has 18 heavy (non-hydrogen) atoms. The molecule has 2 rings (SSSR count). The molecule has 1 aromatic heterocycles. The molecule has 0 aliphatic heterocycles. The first-order valence-electron chi connectivity index (χ1n) is 5.76. The van der Waals surface area contributed by atoms with Crippen LogP contribution in [0, 0.1) is 0 Å². The van der Waals surface area contributed by atoms with Gasteiger partial charge in [-0.2, -0.15) is 0 Å². The van der Waals surface area contributed by atoms with Crippen molar-refractivity contribution in [3.63, 3.8) is 0 Å². The second kappa shape index (κ2) is 5.04. The molecule has 0 radical (unpaired) electrons. The quantitative estimate of drug-likeness (QED) is 0.908. The lowest BCUT2D eigenvalue weighted by atomic mass is 10.1. The number of hydrogen-bond donors (Lipinski definition) is 1. The third kappa shape index (κ3) is 3.27. The molecule has 2 aromatic rings. The van der Waals surface area contributed by atoms with Crippen LogP contribution in [0.1, 0.15) is 12.5 Å². The molecule has 0 aliphatic carbocycles. The van der Waals surface area contributed by atoms with Crippen LogP contribution in [0.25, 0.3) is 10.9 Å². The van der Waals surface area contributed by atoms with Gasteiger partial charge in [-0.3, -0.25) is 4.98 Å². The van der Waals surface area contributed by atoms with Crippen molar-refractivity contribution in [2.45, 2.75) is 18.7 Å². The van der Waals surface area contributed by atoms with E-state index >= 15 is 0 Å². The minimum Gasteiger partial charge on any atom is -0.327 e. The number of rotatable bonds is 4. The van der Waals surface area contributed by atoms with Crippen molar-refractivity contribution in [3.8, 4) is 0 Å². The van der Waals surface area contributed by atoms with Gasteiger partial charge in [-0.25, -0.2) is 8.42 Å². The van der Waals surface area contributed by atoms with Crippen molar-refractivity contribution >= 4 is 20.7 Å². The summed E-state index contributed by atoms with van der Waals surface area (Å²) in [6.07, 6.45) is 1.72. The minimum absolute atomic E-state index is 0.0120. The maximum absolute atomic E-state index is 11.9. The molecule has 1 heterocycles. The van der Waals surface area contributed by atoms with Crippen molar-refractivity contribution < 1.29 is 8.42 Å². The smallest absolute Gasteiger partial charge is 0.155 e. The molecule has 0 amide bonds. The Morgan fingerprint density at radius 2 is 2.11 bits per heavy atom. The highest BCUT2D eigenvalue weighted by Gasteiger charge is 2.14. The molecule has 0 fully saturated rings. The largest absolute Gasteiger partial charge is 0.327 e. The highest BCUT2D eigenvalue weighted by atomic mass is 32.2. The molecule has 1 aromatic carbocycles. The van der Waals surface area contributed by atoms with Crippen LogP contribution < -0.4 is 5.73 Å². The minimum atomic E-state index is -3.15. The van der Waals surface area contributed by atoms with Crippen molar-refractivity contribution in [1.29, 1.82) is 0 Å². The number of nitrogens with zero attached hydrogens (tertiary/aromatic N) is 1. The van der Waals surface area contributed by atoms with Gasteiger partial charge < -0.3 is 5.73 Å². The lowest BCUT2D eigenvalue weighted by Gasteiger charge is -2.07. The highest BCUT2D eigenvalue weighted by molar-refractivity contribution is 7.90. The SMILES string of the molecule is CC(N)CS(=O)(=O)Cc1ccc2ncccc2c1. The third-order valence-electron chi connectivity index (χ3n) is 2.57. The average Bonchev–Trinajstić information content (AvgIpc) is 2.26. The van der Waals surface area contributed by atoms with E-state index in [1.54, 1.807) is 19.2 Å². The van der Waals surface area contributed by atoms with E-state index in [9.17, 15) is 8.42 Å². The van der Waals surface area contributed by atoms with E-state index in [0.29, 0.717) is 0 Å². The van der Waals surface area contributed by atoms with Crippen molar-refractivity contribution in [1.82, 2.24) is 4.98 Å². The van der Waals surface area contributed by atoms with E-state index in [1.807, 2.05) is 24.3 Å². The van der Waals surface area contributed by atoms with Gasteiger partial charge in [0.15, 0.2) is 9.84 Å². The second-order valence-corrected chi connectivity index (χ2v) is 6.67. The maximum atomic E-state index is 11.9. The van der Waals surface area contributed by atoms with Gasteiger partial charge in [-0.05, 0) is 30.7 Å². The molecule has 0 saturated heterocycles. The predicted molar refractivity (Wildman–Crippen MR) is 72.9 cm³/mol. The Balaban J connectivity index is 2.27. The van der Waals surface area contributed by atoms with Gasteiger partial charge in [0.2, 0.25) is 0 Å². The Hall–Kier alpha value is -1.46. The van der Waals surface area contributed by atoms with Crippen LogP contribution in [0.15, 0.2) is 36.5 Å². The number of sulfone groups is 1. The fraction of sp³-hybridized carbons (Fsp3) is 0.308. The second-order valence-electron chi connectivity index (χ2n) is 4.56. The lowest BCUT2D eigenvalue weighted by Crippen LogP contribution is -2.26. The number of aromatic nitrogens is 1. The third-order valence-corrected chi connectivity index (χ3v) is 4.38. The first kappa shape index (κ1) is 13.0. The molecule has 96 valence electrons. The summed E-state index contributed by atoms with van der Waals surface area (Å²) in [6, 6.07) is 8.92. The number of nitrogens with two attached hydrogens (primary N) is 1. The fourth-order valence-corrected chi connectivity index (χ4v) is 3.53. The molecule has 0 spiro atoms. The molecule has 1 atom stereocenters. The summed E-state index contributed by atoms with van der Waals surface area (Å²) in [6.45, 7) is 1.70. The van der Waals surface area contributed by atoms with Gasteiger partial charge in [0.1, 0.15) is 0 Å². The Labute approximate surface area is 107 Å². The van der Waals surface area contributed by atoms with Crippen molar-refractivity contribution in [2.24, 2.45) is 5.73 Å². The van der Waals surface area contributed by atoms with E-state index in [0.717, 1.165) is 16.5 Å². The molecule has 0 bridgehead atoms. The number of fused-ring (bicyclic) bond motifs is 1. The number of pyridine rings is 1. The van der Waals surface area contributed by atoms with Gasteiger partial charge in [0.25, 0.3) is 0 Å². The van der Waals surface area contributed by atoms with Crippen LogP contribution >= 0.6 is 0 Å². The van der Waals surface area contributed by atoms with E-state index in [1.165, 1.54) is 0 Å². The van der Waals surface area contributed by atoms with Gasteiger partial charge in [-0.1, -0.05) is 12.1 Å². The normalized spacial score (nSPS) is 13.7. The standard InChI is InChI=1S/C13H16N2O2S/c1-10(14)8-18(16,17)9-11-4-5-13-12(7-11)3-2-6-15-13/h2-7,10H,8-9,14H2,1H3. The molecule has 2 N–H and O–H groups in total. The molecule has 5 heteroatoms. The summed E-state index contributed by atoms with van der Waals surface area (Å²) in [4.78, 5) is 4.20. The van der Waals surface area contributed by atoms with Gasteiger partial charge in [0.05, 0.1) is 17.0 Å². The summed E-state index contributed by atoms with van der Waals surface area (Å²) in [5.41, 5.74) is 7.17. The van der Waals surface area contributed by atoms with Crippen molar-refractivity contribution in [2.75, 3.05) is 5.75 Å². The highest BCUT2D eigenvalue weighted by Crippen LogP contribution is 2.15. The molecular formula is C13H16N2O2S. The summed E-state index contributed by atoms with van der Waals surface area (Å²) < 4.78 is 23.7. The molecular weight excluding hydrogens is 248 g/mol. The van der Waals surface area contributed by atoms with Crippen molar-refractivity contribution in [3.05, 3.63) is 42.1 Å². The maximum Gasteiger partial charge on any atom is 0.155 e. The zero-order chi connectivity index (χ0) is 13.2. The van der Waals surface area contributed by atoms with Gasteiger partial charge in [0, 0.05) is 17.6 Å². The van der Waals surface area contributed by atoms with Crippen LogP contribution in [0.3, 0.4) is 0 Å². The van der Waals surface area contributed by atoms with Crippen LogP contribution in [0.5, 0.6) is 0 Å².